The lowest BCUT2D eigenvalue weighted by molar-refractivity contribution is -0.122. The third-order valence-corrected chi connectivity index (χ3v) is 5.61. The van der Waals surface area contributed by atoms with Crippen LogP contribution in [0.15, 0.2) is 54.6 Å². The zero-order valence-corrected chi connectivity index (χ0v) is 18.6. The van der Waals surface area contributed by atoms with Crippen LogP contribution in [0.5, 0.6) is 0 Å². The summed E-state index contributed by atoms with van der Waals surface area (Å²) in [6.07, 6.45) is 1.58. The molecule has 1 atom stereocenters. The highest BCUT2D eigenvalue weighted by molar-refractivity contribution is 5.94. The summed E-state index contributed by atoms with van der Waals surface area (Å²) in [5.41, 5.74) is 1.63. The van der Waals surface area contributed by atoms with Gasteiger partial charge >= 0.3 is 0 Å². The van der Waals surface area contributed by atoms with Gasteiger partial charge in [0.2, 0.25) is 5.91 Å². The Morgan fingerprint density at radius 1 is 1.03 bits per heavy atom. The van der Waals surface area contributed by atoms with Crippen molar-refractivity contribution in [3.05, 3.63) is 71.5 Å². The second kappa shape index (κ2) is 12.3. The van der Waals surface area contributed by atoms with Crippen molar-refractivity contribution in [3.8, 4) is 0 Å². The third kappa shape index (κ3) is 7.43. The SMILES string of the molecule is CC(OCCCNC(=O)CN1CCCN(C(=O)c2ccc(F)cc2)CC1)c1ccccc1. The summed E-state index contributed by atoms with van der Waals surface area (Å²) in [4.78, 5) is 28.8. The first-order chi connectivity index (χ1) is 15.5. The zero-order chi connectivity index (χ0) is 22.8. The van der Waals surface area contributed by atoms with Crippen LogP contribution in [0, 0.1) is 5.82 Å². The van der Waals surface area contributed by atoms with Crippen LogP contribution in [0.25, 0.3) is 0 Å². The Hall–Kier alpha value is -2.77. The molecule has 0 radical (unpaired) electrons. The van der Waals surface area contributed by atoms with E-state index in [1.165, 1.54) is 24.3 Å². The van der Waals surface area contributed by atoms with E-state index in [1.807, 2.05) is 37.3 Å². The van der Waals surface area contributed by atoms with Crippen molar-refractivity contribution in [2.45, 2.75) is 25.9 Å². The first kappa shape index (κ1) is 23.9. The lowest BCUT2D eigenvalue weighted by atomic mass is 10.1. The predicted octanol–water partition coefficient (Wildman–Crippen LogP) is 3.26. The number of ether oxygens (including phenoxy) is 1. The molecule has 32 heavy (non-hydrogen) atoms. The second-order valence-electron chi connectivity index (χ2n) is 8.06. The van der Waals surface area contributed by atoms with Crippen molar-refractivity contribution in [2.24, 2.45) is 0 Å². The molecule has 0 aliphatic carbocycles. The van der Waals surface area contributed by atoms with Crippen molar-refractivity contribution in [1.29, 1.82) is 0 Å². The van der Waals surface area contributed by atoms with Gasteiger partial charge in [0.05, 0.1) is 12.6 Å². The molecular formula is C25H32FN3O3. The largest absolute Gasteiger partial charge is 0.374 e. The van der Waals surface area contributed by atoms with E-state index in [-0.39, 0.29) is 23.7 Å². The number of benzene rings is 2. The van der Waals surface area contributed by atoms with Gasteiger partial charge in [0.15, 0.2) is 0 Å². The van der Waals surface area contributed by atoms with Gasteiger partial charge in [-0.05, 0) is 49.6 Å². The molecule has 1 heterocycles. The number of hydrogen-bond donors (Lipinski definition) is 1. The Labute approximate surface area is 189 Å². The molecule has 1 unspecified atom stereocenters. The highest BCUT2D eigenvalue weighted by Gasteiger charge is 2.21. The Balaban J connectivity index is 1.32. The molecule has 7 heteroatoms. The maximum atomic E-state index is 13.1. The van der Waals surface area contributed by atoms with E-state index < -0.39 is 0 Å². The average Bonchev–Trinajstić information content (AvgIpc) is 3.05. The normalized spacial score (nSPS) is 15.8. The molecule has 6 nitrogen and oxygen atoms in total. The van der Waals surface area contributed by atoms with Crippen molar-refractivity contribution in [2.75, 3.05) is 45.9 Å². The fourth-order valence-electron chi connectivity index (χ4n) is 3.75. The summed E-state index contributed by atoms with van der Waals surface area (Å²) in [7, 11) is 0. The molecule has 172 valence electrons. The number of rotatable bonds is 9. The van der Waals surface area contributed by atoms with Gasteiger partial charge in [-0.2, -0.15) is 0 Å². The van der Waals surface area contributed by atoms with Crippen LogP contribution in [0.1, 0.15) is 41.8 Å². The first-order valence-electron chi connectivity index (χ1n) is 11.2. The molecule has 2 aromatic carbocycles. The molecule has 0 aromatic heterocycles. The van der Waals surface area contributed by atoms with Gasteiger partial charge in [0.25, 0.3) is 5.91 Å². The van der Waals surface area contributed by atoms with Crippen molar-refractivity contribution >= 4 is 11.8 Å². The minimum absolute atomic E-state index is 0.0144. The highest BCUT2D eigenvalue weighted by Crippen LogP contribution is 2.15. The Morgan fingerprint density at radius 2 is 1.78 bits per heavy atom. The summed E-state index contributed by atoms with van der Waals surface area (Å²) < 4.78 is 18.9. The molecule has 3 rings (SSSR count). The van der Waals surface area contributed by atoms with E-state index in [4.69, 9.17) is 4.74 Å². The summed E-state index contributed by atoms with van der Waals surface area (Å²) >= 11 is 0. The maximum Gasteiger partial charge on any atom is 0.253 e. The summed E-state index contributed by atoms with van der Waals surface area (Å²) in [5.74, 6) is -0.465. The van der Waals surface area contributed by atoms with E-state index in [0.717, 1.165) is 24.9 Å². The monoisotopic (exact) mass is 441 g/mol. The Bertz CT molecular complexity index is 860. The first-order valence-corrected chi connectivity index (χ1v) is 11.2. The lowest BCUT2D eigenvalue weighted by Gasteiger charge is -2.22. The van der Waals surface area contributed by atoms with Crippen LogP contribution in [0.3, 0.4) is 0 Å². The zero-order valence-electron chi connectivity index (χ0n) is 18.6. The molecule has 1 aliphatic rings. The lowest BCUT2D eigenvalue weighted by Crippen LogP contribution is -2.40. The van der Waals surface area contributed by atoms with Crippen LogP contribution >= 0.6 is 0 Å². The number of hydrogen-bond acceptors (Lipinski definition) is 4. The molecule has 1 saturated heterocycles. The van der Waals surface area contributed by atoms with Gasteiger partial charge in [-0.3, -0.25) is 14.5 Å². The molecular weight excluding hydrogens is 409 g/mol. The molecule has 0 saturated carbocycles. The average molecular weight is 442 g/mol. The number of nitrogens with one attached hydrogen (secondary N) is 1. The molecule has 0 spiro atoms. The fourth-order valence-corrected chi connectivity index (χ4v) is 3.75. The molecule has 1 N–H and O–H groups in total. The van der Waals surface area contributed by atoms with Gasteiger partial charge < -0.3 is 15.0 Å². The minimum Gasteiger partial charge on any atom is -0.374 e. The van der Waals surface area contributed by atoms with E-state index in [0.29, 0.717) is 44.9 Å². The van der Waals surface area contributed by atoms with Gasteiger partial charge in [0.1, 0.15) is 5.82 Å². The smallest absolute Gasteiger partial charge is 0.253 e. The topological polar surface area (TPSA) is 61.9 Å². The van der Waals surface area contributed by atoms with Crippen molar-refractivity contribution in [1.82, 2.24) is 15.1 Å². The van der Waals surface area contributed by atoms with Crippen molar-refractivity contribution < 1.29 is 18.7 Å². The Kier molecular flexibility index (Phi) is 9.19. The fraction of sp³-hybridized carbons (Fsp3) is 0.440. The van der Waals surface area contributed by atoms with Crippen LogP contribution in [0.4, 0.5) is 4.39 Å². The number of carbonyl (C=O) groups excluding carboxylic acids is 2. The van der Waals surface area contributed by atoms with Crippen LogP contribution in [-0.4, -0.2) is 67.5 Å². The van der Waals surface area contributed by atoms with Gasteiger partial charge in [-0.25, -0.2) is 4.39 Å². The quantitative estimate of drug-likeness (QED) is 0.607. The van der Waals surface area contributed by atoms with Crippen LogP contribution in [-0.2, 0) is 9.53 Å². The second-order valence-corrected chi connectivity index (χ2v) is 8.06. The number of halogens is 1. The van der Waals surface area contributed by atoms with E-state index in [9.17, 15) is 14.0 Å². The Morgan fingerprint density at radius 3 is 2.53 bits per heavy atom. The molecule has 1 fully saturated rings. The maximum absolute atomic E-state index is 13.1. The number of amides is 2. The van der Waals surface area contributed by atoms with Gasteiger partial charge in [-0.1, -0.05) is 30.3 Å². The summed E-state index contributed by atoms with van der Waals surface area (Å²) in [6, 6.07) is 15.7. The summed E-state index contributed by atoms with van der Waals surface area (Å²) in [6.45, 7) is 6.08. The molecule has 2 aromatic rings. The van der Waals surface area contributed by atoms with Gasteiger partial charge in [-0.15, -0.1) is 0 Å². The summed E-state index contributed by atoms with van der Waals surface area (Å²) in [5, 5.41) is 2.95. The van der Waals surface area contributed by atoms with Gasteiger partial charge in [0, 0.05) is 44.9 Å². The standard InChI is InChI=1S/C25H32FN3O3/c1-20(21-7-3-2-4-8-21)32-18-5-13-27-24(30)19-28-14-6-15-29(17-16-28)25(31)22-9-11-23(26)12-10-22/h2-4,7-12,20H,5-6,13-19H2,1H3,(H,27,30). The van der Waals surface area contributed by atoms with Crippen molar-refractivity contribution in [3.63, 3.8) is 0 Å². The van der Waals surface area contributed by atoms with E-state index >= 15 is 0 Å². The van der Waals surface area contributed by atoms with E-state index in [1.54, 1.807) is 4.90 Å². The van der Waals surface area contributed by atoms with Crippen LogP contribution < -0.4 is 5.32 Å². The molecule has 0 bridgehead atoms. The number of nitrogens with zero attached hydrogens (tertiary/aromatic N) is 2. The molecule has 2 amide bonds. The third-order valence-electron chi connectivity index (χ3n) is 5.61. The minimum atomic E-state index is -0.355. The molecule has 1 aliphatic heterocycles. The highest BCUT2D eigenvalue weighted by atomic mass is 19.1. The predicted molar refractivity (Wildman–Crippen MR) is 122 cm³/mol. The van der Waals surface area contributed by atoms with E-state index in [2.05, 4.69) is 10.2 Å². The van der Waals surface area contributed by atoms with Crippen LogP contribution in [0.2, 0.25) is 0 Å². The number of carbonyl (C=O) groups is 2.